The van der Waals surface area contributed by atoms with Crippen molar-refractivity contribution in [3.63, 3.8) is 0 Å². The number of fused-ring (bicyclic) bond motifs is 1. The van der Waals surface area contributed by atoms with Crippen LogP contribution in [0.15, 0.2) is 18.2 Å². The Kier molecular flexibility index (Phi) is 4.48. The Balaban J connectivity index is 1.88. The number of piperazine rings is 1. The molecule has 3 rings (SSSR count). The minimum absolute atomic E-state index is 0.560. The summed E-state index contributed by atoms with van der Waals surface area (Å²) in [6, 6.07) is 7.19. The minimum Gasteiger partial charge on any atom is -0.497 e. The second kappa shape index (κ2) is 6.34. The molecule has 1 atom stereocenters. The number of likely N-dealkylation sites (N-methyl/N-ethyl adjacent to an activating group) is 1. The van der Waals surface area contributed by atoms with Crippen LogP contribution in [0.2, 0.25) is 0 Å². The first kappa shape index (κ1) is 14.8. The summed E-state index contributed by atoms with van der Waals surface area (Å²) in [5, 5.41) is 0. The number of ether oxygens (including phenoxy) is 1. The molecule has 2 aliphatic rings. The molecule has 0 aromatic heterocycles. The highest BCUT2D eigenvalue weighted by Crippen LogP contribution is 2.33. The van der Waals surface area contributed by atoms with Crippen LogP contribution in [0, 0.1) is 0 Å². The third-order valence-corrected chi connectivity index (χ3v) is 4.91. The number of rotatable bonds is 2. The summed E-state index contributed by atoms with van der Waals surface area (Å²) >= 11 is 0. The summed E-state index contributed by atoms with van der Waals surface area (Å²) in [7, 11) is 6.19. The molecule has 1 unspecified atom stereocenters. The maximum absolute atomic E-state index is 5.41. The number of benzene rings is 1. The van der Waals surface area contributed by atoms with Crippen LogP contribution < -0.4 is 4.74 Å². The first-order valence-electron chi connectivity index (χ1n) is 7.95. The van der Waals surface area contributed by atoms with Gasteiger partial charge in [0, 0.05) is 38.8 Å². The topological polar surface area (TPSA) is 19.0 Å². The van der Waals surface area contributed by atoms with Crippen LogP contribution in [-0.2, 0) is 6.54 Å². The zero-order chi connectivity index (χ0) is 14.8. The van der Waals surface area contributed by atoms with Gasteiger partial charge in [-0.25, -0.2) is 0 Å². The van der Waals surface area contributed by atoms with E-state index in [1.165, 1.54) is 43.7 Å². The summed E-state index contributed by atoms with van der Waals surface area (Å²) in [5.41, 5.74) is 2.93. The van der Waals surface area contributed by atoms with Crippen LogP contribution in [-0.4, -0.2) is 68.6 Å². The van der Waals surface area contributed by atoms with E-state index < -0.39 is 0 Å². The molecule has 21 heavy (non-hydrogen) atoms. The van der Waals surface area contributed by atoms with Gasteiger partial charge < -0.3 is 14.5 Å². The fraction of sp³-hybridized carbons (Fsp3) is 0.647. The van der Waals surface area contributed by atoms with Crippen molar-refractivity contribution in [2.45, 2.75) is 19.0 Å². The Morgan fingerprint density at radius 2 is 1.76 bits per heavy atom. The van der Waals surface area contributed by atoms with Crippen molar-refractivity contribution in [1.82, 2.24) is 14.7 Å². The zero-order valence-electron chi connectivity index (χ0n) is 13.5. The van der Waals surface area contributed by atoms with E-state index >= 15 is 0 Å². The lowest BCUT2D eigenvalue weighted by Gasteiger charge is -2.38. The van der Waals surface area contributed by atoms with Gasteiger partial charge in [0.05, 0.1) is 7.11 Å². The molecule has 4 heteroatoms. The van der Waals surface area contributed by atoms with Crippen molar-refractivity contribution in [2.75, 3.05) is 53.9 Å². The fourth-order valence-electron chi connectivity index (χ4n) is 3.55. The maximum atomic E-state index is 5.41. The second-order valence-corrected chi connectivity index (χ2v) is 6.45. The van der Waals surface area contributed by atoms with Crippen molar-refractivity contribution in [1.29, 1.82) is 0 Å². The van der Waals surface area contributed by atoms with Crippen LogP contribution in [0.4, 0.5) is 0 Å². The van der Waals surface area contributed by atoms with Crippen LogP contribution in [0.3, 0.4) is 0 Å². The van der Waals surface area contributed by atoms with E-state index in [0.717, 1.165) is 18.8 Å². The Morgan fingerprint density at radius 1 is 1.00 bits per heavy atom. The van der Waals surface area contributed by atoms with Gasteiger partial charge in [-0.15, -0.1) is 0 Å². The van der Waals surface area contributed by atoms with E-state index in [0.29, 0.717) is 6.04 Å². The number of hydrogen-bond acceptors (Lipinski definition) is 4. The number of hydrogen-bond donors (Lipinski definition) is 0. The normalized spacial score (nSPS) is 25.4. The van der Waals surface area contributed by atoms with Crippen LogP contribution in [0.5, 0.6) is 5.75 Å². The average molecular weight is 289 g/mol. The van der Waals surface area contributed by atoms with Crippen molar-refractivity contribution in [2.24, 2.45) is 0 Å². The first-order chi connectivity index (χ1) is 10.2. The quantitative estimate of drug-likeness (QED) is 0.826. The lowest BCUT2D eigenvalue weighted by Crippen LogP contribution is -2.46. The van der Waals surface area contributed by atoms with Gasteiger partial charge in [0.1, 0.15) is 5.75 Å². The predicted molar refractivity (Wildman–Crippen MR) is 85.8 cm³/mol. The molecule has 2 aliphatic heterocycles. The van der Waals surface area contributed by atoms with E-state index in [4.69, 9.17) is 4.74 Å². The largest absolute Gasteiger partial charge is 0.497 e. The Hall–Kier alpha value is -1.10. The zero-order valence-corrected chi connectivity index (χ0v) is 13.5. The molecule has 0 spiro atoms. The van der Waals surface area contributed by atoms with Gasteiger partial charge in [0.2, 0.25) is 0 Å². The fourth-order valence-corrected chi connectivity index (χ4v) is 3.55. The van der Waals surface area contributed by atoms with Gasteiger partial charge in [-0.1, -0.05) is 6.07 Å². The second-order valence-electron chi connectivity index (χ2n) is 6.45. The molecule has 1 saturated heterocycles. The highest BCUT2D eigenvalue weighted by atomic mass is 16.5. The van der Waals surface area contributed by atoms with Crippen molar-refractivity contribution < 1.29 is 4.74 Å². The van der Waals surface area contributed by atoms with Crippen LogP contribution in [0.1, 0.15) is 23.6 Å². The summed E-state index contributed by atoms with van der Waals surface area (Å²) in [6.07, 6.45) is 1.22. The van der Waals surface area contributed by atoms with E-state index in [1.54, 1.807) is 7.11 Å². The molecule has 116 valence electrons. The van der Waals surface area contributed by atoms with Crippen LogP contribution >= 0.6 is 0 Å². The molecule has 0 bridgehead atoms. The molecule has 0 radical (unpaired) electrons. The Labute approximate surface area is 128 Å². The number of nitrogens with zero attached hydrogens (tertiary/aromatic N) is 3. The van der Waals surface area contributed by atoms with Crippen LogP contribution in [0.25, 0.3) is 0 Å². The summed E-state index contributed by atoms with van der Waals surface area (Å²) in [5.74, 6) is 0.973. The van der Waals surface area contributed by atoms with Gasteiger partial charge in [-0.2, -0.15) is 0 Å². The van der Waals surface area contributed by atoms with Gasteiger partial charge in [-0.3, -0.25) is 4.90 Å². The van der Waals surface area contributed by atoms with Gasteiger partial charge >= 0.3 is 0 Å². The monoisotopic (exact) mass is 289 g/mol. The molecule has 1 aromatic carbocycles. The van der Waals surface area contributed by atoms with Gasteiger partial charge in [0.15, 0.2) is 0 Å². The molecular weight excluding hydrogens is 262 g/mol. The molecule has 0 amide bonds. The lowest BCUT2D eigenvalue weighted by molar-refractivity contribution is 0.104. The third-order valence-electron chi connectivity index (χ3n) is 4.91. The van der Waals surface area contributed by atoms with Gasteiger partial charge in [0.25, 0.3) is 0 Å². The van der Waals surface area contributed by atoms with E-state index in [9.17, 15) is 0 Å². The third kappa shape index (κ3) is 3.23. The first-order valence-corrected chi connectivity index (χ1v) is 7.95. The highest BCUT2D eigenvalue weighted by Gasteiger charge is 2.28. The lowest BCUT2D eigenvalue weighted by atomic mass is 9.97. The molecular formula is C17H27N3O. The van der Waals surface area contributed by atoms with Crippen molar-refractivity contribution >= 4 is 0 Å². The summed E-state index contributed by atoms with van der Waals surface area (Å²) in [6.45, 7) is 6.90. The minimum atomic E-state index is 0.560. The van der Waals surface area contributed by atoms with Gasteiger partial charge in [-0.05, 0) is 50.3 Å². The predicted octanol–water partition coefficient (Wildman–Crippen LogP) is 1.82. The summed E-state index contributed by atoms with van der Waals surface area (Å²) < 4.78 is 5.41. The summed E-state index contributed by atoms with van der Waals surface area (Å²) in [4.78, 5) is 7.52. The molecule has 1 fully saturated rings. The molecule has 4 nitrogen and oxygen atoms in total. The Morgan fingerprint density at radius 3 is 2.48 bits per heavy atom. The molecule has 1 aromatic rings. The van der Waals surface area contributed by atoms with Crippen molar-refractivity contribution in [3.8, 4) is 5.75 Å². The molecule has 0 saturated carbocycles. The molecule has 2 heterocycles. The maximum Gasteiger partial charge on any atom is 0.119 e. The highest BCUT2D eigenvalue weighted by molar-refractivity contribution is 5.38. The number of methoxy groups -OCH3 is 1. The average Bonchev–Trinajstić information content (AvgIpc) is 2.65. The molecule has 0 N–H and O–H groups in total. The molecule has 0 aliphatic carbocycles. The van der Waals surface area contributed by atoms with Crippen molar-refractivity contribution in [3.05, 3.63) is 29.3 Å². The SMILES string of the molecule is COc1ccc2c(c1)CN(C)CCC2N1CCN(C)CC1. The smallest absolute Gasteiger partial charge is 0.119 e. The van der Waals surface area contributed by atoms with E-state index in [-0.39, 0.29) is 0 Å². The Bertz CT molecular complexity index is 483. The van der Waals surface area contributed by atoms with E-state index in [1.807, 2.05) is 0 Å². The van der Waals surface area contributed by atoms with E-state index in [2.05, 4.69) is 47.0 Å². The standard InChI is InChI=1S/C17H27N3O/c1-18-8-10-20(11-9-18)17-6-7-19(2)13-14-12-15(21-3)4-5-16(14)17/h4-5,12,17H,6-11,13H2,1-3H3.